The second kappa shape index (κ2) is 5.48. The molecule has 1 amide bonds. The van der Waals surface area contributed by atoms with Crippen LogP contribution in [0.2, 0.25) is 0 Å². The molecule has 1 N–H and O–H groups in total. The van der Waals surface area contributed by atoms with Gasteiger partial charge in [0.05, 0.1) is 0 Å². The van der Waals surface area contributed by atoms with Crippen molar-refractivity contribution in [2.24, 2.45) is 0 Å². The Kier molecular flexibility index (Phi) is 3.95. The molecule has 1 aromatic carbocycles. The summed E-state index contributed by atoms with van der Waals surface area (Å²) in [7, 11) is 0. The van der Waals surface area contributed by atoms with E-state index in [2.05, 4.69) is 31.2 Å². The second-order valence-corrected chi connectivity index (χ2v) is 5.25. The number of aromatic nitrogens is 2. The standard InChI is InChI=1S/C14H14BrN3O/c1-8-4-5-11(7-12(8)15)13(19)18-14-16-9(2)6-10(3)17-14/h4-7H,1-3H3,(H,16,17,18,19). The van der Waals surface area contributed by atoms with Crippen molar-refractivity contribution < 1.29 is 4.79 Å². The number of carbonyl (C=O) groups excluding carboxylic acids is 1. The van der Waals surface area contributed by atoms with Crippen LogP contribution in [-0.4, -0.2) is 15.9 Å². The van der Waals surface area contributed by atoms with E-state index in [1.165, 1.54) is 0 Å². The molecular formula is C14H14BrN3O. The first-order valence-corrected chi connectivity index (χ1v) is 6.65. The third-order valence-electron chi connectivity index (χ3n) is 2.64. The number of rotatable bonds is 2. The van der Waals surface area contributed by atoms with Crippen molar-refractivity contribution in [2.45, 2.75) is 20.8 Å². The lowest BCUT2D eigenvalue weighted by Crippen LogP contribution is -2.15. The Morgan fingerprint density at radius 3 is 2.32 bits per heavy atom. The molecule has 0 saturated carbocycles. The van der Waals surface area contributed by atoms with E-state index >= 15 is 0 Å². The number of nitrogens with zero attached hydrogens (tertiary/aromatic N) is 2. The number of carbonyl (C=O) groups is 1. The summed E-state index contributed by atoms with van der Waals surface area (Å²) >= 11 is 3.41. The first kappa shape index (κ1) is 13.7. The van der Waals surface area contributed by atoms with Gasteiger partial charge in [-0.15, -0.1) is 0 Å². The highest BCUT2D eigenvalue weighted by Gasteiger charge is 2.09. The fourth-order valence-corrected chi connectivity index (χ4v) is 2.07. The van der Waals surface area contributed by atoms with E-state index in [0.717, 1.165) is 21.4 Å². The number of amides is 1. The minimum absolute atomic E-state index is 0.217. The van der Waals surface area contributed by atoms with Crippen LogP contribution in [0.25, 0.3) is 0 Å². The Morgan fingerprint density at radius 1 is 1.11 bits per heavy atom. The van der Waals surface area contributed by atoms with Crippen LogP contribution < -0.4 is 5.32 Å². The van der Waals surface area contributed by atoms with E-state index in [1.807, 2.05) is 32.9 Å². The van der Waals surface area contributed by atoms with E-state index in [-0.39, 0.29) is 5.91 Å². The summed E-state index contributed by atoms with van der Waals surface area (Å²) in [4.78, 5) is 20.5. The topological polar surface area (TPSA) is 54.9 Å². The SMILES string of the molecule is Cc1cc(C)nc(NC(=O)c2ccc(C)c(Br)c2)n1. The second-order valence-electron chi connectivity index (χ2n) is 4.39. The van der Waals surface area contributed by atoms with Crippen molar-refractivity contribution in [3.8, 4) is 0 Å². The number of hydrogen-bond acceptors (Lipinski definition) is 3. The molecule has 0 spiro atoms. The highest BCUT2D eigenvalue weighted by Crippen LogP contribution is 2.18. The van der Waals surface area contributed by atoms with E-state index in [9.17, 15) is 4.79 Å². The number of benzene rings is 1. The molecule has 1 aromatic heterocycles. The molecule has 2 aromatic rings. The summed E-state index contributed by atoms with van der Waals surface area (Å²) < 4.78 is 0.904. The Morgan fingerprint density at radius 2 is 1.74 bits per heavy atom. The highest BCUT2D eigenvalue weighted by molar-refractivity contribution is 9.10. The van der Waals surface area contributed by atoms with Gasteiger partial charge in [0.1, 0.15) is 0 Å². The lowest BCUT2D eigenvalue weighted by Gasteiger charge is -2.06. The Bertz CT molecular complexity index is 620. The Hall–Kier alpha value is -1.75. The van der Waals surface area contributed by atoms with Gasteiger partial charge in [0.15, 0.2) is 0 Å². The van der Waals surface area contributed by atoms with Crippen molar-refractivity contribution in [1.29, 1.82) is 0 Å². The lowest BCUT2D eigenvalue weighted by atomic mass is 10.1. The largest absolute Gasteiger partial charge is 0.290 e. The number of halogens is 1. The number of anilines is 1. The van der Waals surface area contributed by atoms with Gasteiger partial charge in [0.2, 0.25) is 5.95 Å². The van der Waals surface area contributed by atoms with Gasteiger partial charge in [-0.25, -0.2) is 9.97 Å². The van der Waals surface area contributed by atoms with Gasteiger partial charge in [0, 0.05) is 21.4 Å². The fourth-order valence-electron chi connectivity index (χ4n) is 1.69. The van der Waals surface area contributed by atoms with Gasteiger partial charge in [0.25, 0.3) is 5.91 Å². The molecule has 98 valence electrons. The van der Waals surface area contributed by atoms with E-state index in [1.54, 1.807) is 12.1 Å². The lowest BCUT2D eigenvalue weighted by molar-refractivity contribution is 0.102. The number of nitrogens with one attached hydrogen (secondary N) is 1. The molecule has 0 radical (unpaired) electrons. The van der Waals surface area contributed by atoms with Gasteiger partial charge in [-0.05, 0) is 44.5 Å². The first-order chi connectivity index (χ1) is 8.95. The van der Waals surface area contributed by atoms with Crippen LogP contribution in [0.5, 0.6) is 0 Å². The zero-order chi connectivity index (χ0) is 14.0. The van der Waals surface area contributed by atoms with Gasteiger partial charge < -0.3 is 0 Å². The molecule has 1 heterocycles. The first-order valence-electron chi connectivity index (χ1n) is 5.85. The van der Waals surface area contributed by atoms with Crippen LogP contribution in [0.1, 0.15) is 27.3 Å². The fraction of sp³-hybridized carbons (Fsp3) is 0.214. The molecule has 0 bridgehead atoms. The minimum atomic E-state index is -0.217. The summed E-state index contributed by atoms with van der Waals surface area (Å²) in [5.41, 5.74) is 3.31. The molecule has 4 nitrogen and oxygen atoms in total. The summed E-state index contributed by atoms with van der Waals surface area (Å²) in [5, 5.41) is 2.70. The average Bonchev–Trinajstić information content (AvgIpc) is 2.31. The highest BCUT2D eigenvalue weighted by atomic mass is 79.9. The molecule has 5 heteroatoms. The van der Waals surface area contributed by atoms with Crippen molar-refractivity contribution in [2.75, 3.05) is 5.32 Å². The third kappa shape index (κ3) is 3.38. The monoisotopic (exact) mass is 319 g/mol. The van der Waals surface area contributed by atoms with Crippen LogP contribution in [0.4, 0.5) is 5.95 Å². The smallest absolute Gasteiger partial charge is 0.258 e. The molecule has 0 aliphatic rings. The number of aryl methyl sites for hydroxylation is 3. The van der Waals surface area contributed by atoms with Crippen molar-refractivity contribution in [3.05, 3.63) is 51.3 Å². The van der Waals surface area contributed by atoms with Gasteiger partial charge >= 0.3 is 0 Å². The van der Waals surface area contributed by atoms with Gasteiger partial charge in [-0.2, -0.15) is 0 Å². The van der Waals surface area contributed by atoms with E-state index in [4.69, 9.17) is 0 Å². The van der Waals surface area contributed by atoms with Crippen LogP contribution >= 0.6 is 15.9 Å². The molecule has 0 unspecified atom stereocenters. The molecule has 0 aliphatic carbocycles. The molecule has 0 atom stereocenters. The maximum absolute atomic E-state index is 12.1. The van der Waals surface area contributed by atoms with E-state index < -0.39 is 0 Å². The molecule has 0 fully saturated rings. The van der Waals surface area contributed by atoms with Crippen LogP contribution in [-0.2, 0) is 0 Å². The van der Waals surface area contributed by atoms with Crippen LogP contribution in [0, 0.1) is 20.8 Å². The average molecular weight is 320 g/mol. The normalized spacial score (nSPS) is 10.3. The third-order valence-corrected chi connectivity index (χ3v) is 3.50. The quantitative estimate of drug-likeness (QED) is 0.922. The maximum atomic E-state index is 12.1. The zero-order valence-electron chi connectivity index (χ0n) is 11.0. The zero-order valence-corrected chi connectivity index (χ0v) is 12.6. The van der Waals surface area contributed by atoms with Gasteiger partial charge in [-0.1, -0.05) is 22.0 Å². The molecular weight excluding hydrogens is 306 g/mol. The molecule has 0 saturated heterocycles. The van der Waals surface area contributed by atoms with Crippen LogP contribution in [0.15, 0.2) is 28.7 Å². The summed E-state index contributed by atoms with van der Waals surface area (Å²) in [6.07, 6.45) is 0. The summed E-state index contributed by atoms with van der Waals surface area (Å²) in [6.45, 7) is 5.71. The Balaban J connectivity index is 2.22. The van der Waals surface area contributed by atoms with Crippen LogP contribution in [0.3, 0.4) is 0 Å². The van der Waals surface area contributed by atoms with Gasteiger partial charge in [-0.3, -0.25) is 10.1 Å². The predicted octanol–water partition coefficient (Wildman–Crippen LogP) is 3.42. The van der Waals surface area contributed by atoms with Crippen molar-refractivity contribution >= 4 is 27.8 Å². The molecule has 2 rings (SSSR count). The maximum Gasteiger partial charge on any atom is 0.258 e. The number of hydrogen-bond donors (Lipinski definition) is 1. The Labute approximate surface area is 120 Å². The minimum Gasteiger partial charge on any atom is -0.290 e. The predicted molar refractivity (Wildman–Crippen MR) is 78.3 cm³/mol. The van der Waals surface area contributed by atoms with Crippen molar-refractivity contribution in [1.82, 2.24) is 9.97 Å². The summed E-state index contributed by atoms with van der Waals surface area (Å²) in [6, 6.07) is 7.31. The summed E-state index contributed by atoms with van der Waals surface area (Å²) in [5.74, 6) is 0.116. The molecule has 0 aliphatic heterocycles. The molecule has 19 heavy (non-hydrogen) atoms. The van der Waals surface area contributed by atoms with Crippen molar-refractivity contribution in [3.63, 3.8) is 0 Å². The van der Waals surface area contributed by atoms with E-state index in [0.29, 0.717) is 11.5 Å².